The van der Waals surface area contributed by atoms with Crippen molar-refractivity contribution < 1.29 is 27.1 Å². The molecule has 1 atom stereocenters. The summed E-state index contributed by atoms with van der Waals surface area (Å²) >= 11 is 0. The summed E-state index contributed by atoms with van der Waals surface area (Å²) in [5.74, 6) is -1.17. The van der Waals surface area contributed by atoms with Crippen LogP contribution in [0.3, 0.4) is 0 Å². The highest BCUT2D eigenvalue weighted by Crippen LogP contribution is 2.32. The van der Waals surface area contributed by atoms with Gasteiger partial charge in [-0.2, -0.15) is 18.3 Å². The summed E-state index contributed by atoms with van der Waals surface area (Å²) in [5, 5.41) is 6.97. The summed E-state index contributed by atoms with van der Waals surface area (Å²) < 4.78 is 59.2. The first-order valence-electron chi connectivity index (χ1n) is 8.74. The van der Waals surface area contributed by atoms with Crippen LogP contribution in [0.5, 0.6) is 5.88 Å². The summed E-state index contributed by atoms with van der Waals surface area (Å²) in [6, 6.07) is 2.48. The Morgan fingerprint density at radius 3 is 2.80 bits per heavy atom. The molecule has 1 aliphatic heterocycles. The first kappa shape index (κ1) is 19.7. The summed E-state index contributed by atoms with van der Waals surface area (Å²) in [5.41, 5.74) is -0.615. The zero-order valence-electron chi connectivity index (χ0n) is 15.4. The normalized spacial score (nSPS) is 15.7. The van der Waals surface area contributed by atoms with Crippen LogP contribution in [-0.2, 0) is 12.7 Å². The number of pyridine rings is 1. The van der Waals surface area contributed by atoms with Crippen LogP contribution in [0.2, 0.25) is 0 Å². The highest BCUT2D eigenvalue weighted by atomic mass is 19.4. The van der Waals surface area contributed by atoms with E-state index in [0.29, 0.717) is 30.6 Å². The van der Waals surface area contributed by atoms with E-state index in [-0.39, 0.29) is 11.4 Å². The van der Waals surface area contributed by atoms with Crippen LogP contribution in [0.1, 0.15) is 34.3 Å². The Hall–Kier alpha value is -3.57. The van der Waals surface area contributed by atoms with E-state index >= 15 is 0 Å². The van der Waals surface area contributed by atoms with E-state index in [1.165, 1.54) is 13.2 Å². The molecule has 0 fully saturated rings. The lowest BCUT2D eigenvalue weighted by Crippen LogP contribution is -2.28. The molecule has 4 heterocycles. The number of nitrogens with one attached hydrogen (secondary N) is 1. The molecular formula is C18H14F4N6O2. The number of carbonyl (C=O) groups excluding carboxylic acids is 1. The van der Waals surface area contributed by atoms with Crippen molar-refractivity contribution in [3.8, 4) is 17.1 Å². The first-order valence-corrected chi connectivity index (χ1v) is 8.74. The molecule has 4 rings (SSSR count). The maximum atomic E-state index is 14.2. The van der Waals surface area contributed by atoms with Crippen LogP contribution in [0.15, 0.2) is 30.7 Å². The second-order valence-corrected chi connectivity index (χ2v) is 6.49. The topological polar surface area (TPSA) is 94.8 Å². The number of methoxy groups -OCH3 is 1. The van der Waals surface area contributed by atoms with Crippen LogP contribution < -0.4 is 10.1 Å². The zero-order chi connectivity index (χ0) is 21.5. The molecular weight excluding hydrogens is 408 g/mol. The summed E-state index contributed by atoms with van der Waals surface area (Å²) in [6.45, 7) is 0.443. The van der Waals surface area contributed by atoms with Gasteiger partial charge in [-0.1, -0.05) is 0 Å². The number of nitrogens with zero attached hydrogens (tertiary/aromatic N) is 5. The fraction of sp³-hybridized carbons (Fsp3) is 0.278. The number of carbonyl (C=O) groups is 1. The lowest BCUT2D eigenvalue weighted by molar-refractivity contribution is -0.141. The minimum atomic E-state index is -4.71. The molecule has 30 heavy (non-hydrogen) atoms. The molecule has 0 saturated heterocycles. The number of halogens is 4. The lowest BCUT2D eigenvalue weighted by atomic mass is 10.1. The van der Waals surface area contributed by atoms with Gasteiger partial charge in [-0.25, -0.2) is 14.4 Å². The van der Waals surface area contributed by atoms with Gasteiger partial charge in [0.25, 0.3) is 5.91 Å². The minimum Gasteiger partial charge on any atom is -0.481 e. The average molecular weight is 422 g/mol. The van der Waals surface area contributed by atoms with Crippen molar-refractivity contribution in [2.45, 2.75) is 25.2 Å². The van der Waals surface area contributed by atoms with Crippen molar-refractivity contribution >= 4 is 5.91 Å². The van der Waals surface area contributed by atoms with Gasteiger partial charge in [0.1, 0.15) is 5.69 Å². The van der Waals surface area contributed by atoms with Gasteiger partial charge in [0.2, 0.25) is 5.88 Å². The molecule has 1 unspecified atom stereocenters. The highest BCUT2D eigenvalue weighted by Gasteiger charge is 2.34. The predicted molar refractivity (Wildman–Crippen MR) is 93.8 cm³/mol. The van der Waals surface area contributed by atoms with Crippen LogP contribution in [-0.4, -0.2) is 37.7 Å². The monoisotopic (exact) mass is 422 g/mol. The van der Waals surface area contributed by atoms with Gasteiger partial charge in [-0.05, 0) is 12.5 Å². The summed E-state index contributed by atoms with van der Waals surface area (Å²) in [7, 11) is 1.40. The second kappa shape index (κ2) is 7.35. The highest BCUT2D eigenvalue weighted by molar-refractivity contribution is 5.92. The summed E-state index contributed by atoms with van der Waals surface area (Å²) in [6.07, 6.45) is -1.71. The van der Waals surface area contributed by atoms with Crippen LogP contribution in [0.4, 0.5) is 17.6 Å². The van der Waals surface area contributed by atoms with Crippen molar-refractivity contribution in [3.63, 3.8) is 0 Å². The van der Waals surface area contributed by atoms with Gasteiger partial charge in [-0.3, -0.25) is 14.5 Å². The Kier molecular flexibility index (Phi) is 4.84. The number of hydrogen-bond donors (Lipinski definition) is 1. The number of fused-ring (bicyclic) bond motifs is 1. The van der Waals surface area contributed by atoms with Crippen molar-refractivity contribution in [1.82, 2.24) is 30.0 Å². The van der Waals surface area contributed by atoms with E-state index in [1.807, 2.05) is 0 Å². The number of aryl methyl sites for hydroxylation is 1. The minimum absolute atomic E-state index is 0.178. The smallest absolute Gasteiger partial charge is 0.434 e. The third-order valence-electron chi connectivity index (χ3n) is 4.58. The lowest BCUT2D eigenvalue weighted by Gasteiger charge is -2.12. The van der Waals surface area contributed by atoms with Gasteiger partial charge >= 0.3 is 6.18 Å². The molecule has 0 radical (unpaired) electrons. The summed E-state index contributed by atoms with van der Waals surface area (Å²) in [4.78, 5) is 23.0. The third kappa shape index (κ3) is 3.67. The SMILES string of the molecule is COc1cc(-c2cc3n(n2)CCC3NC(=O)c2cncc(C(F)(F)F)n2)c(F)cn1. The number of hydrogen-bond acceptors (Lipinski definition) is 6. The third-order valence-corrected chi connectivity index (χ3v) is 4.58. The number of rotatable bonds is 4. The van der Waals surface area contributed by atoms with Crippen molar-refractivity contribution in [2.24, 2.45) is 0 Å². The maximum absolute atomic E-state index is 14.2. The number of amides is 1. The van der Waals surface area contributed by atoms with Crippen molar-refractivity contribution in [2.75, 3.05) is 7.11 Å². The Morgan fingerprint density at radius 2 is 2.07 bits per heavy atom. The molecule has 1 N–H and O–H groups in total. The molecule has 0 aliphatic carbocycles. The number of ether oxygens (including phenoxy) is 1. The molecule has 0 saturated carbocycles. The maximum Gasteiger partial charge on any atom is 0.434 e. The fourth-order valence-corrected chi connectivity index (χ4v) is 3.14. The van der Waals surface area contributed by atoms with E-state index in [4.69, 9.17) is 4.74 Å². The van der Waals surface area contributed by atoms with Gasteiger partial charge in [-0.15, -0.1) is 0 Å². The van der Waals surface area contributed by atoms with Gasteiger partial charge < -0.3 is 10.1 Å². The standard InChI is InChI=1S/C18H14F4N6O2/c1-30-16-4-9(10(19)6-24-16)12-5-14-11(2-3-28(14)27-12)26-17(29)13-7-23-8-15(25-13)18(20,21)22/h4-8,11H,2-3H2,1H3,(H,26,29). The van der Waals surface area contributed by atoms with Crippen LogP contribution in [0.25, 0.3) is 11.3 Å². The van der Waals surface area contributed by atoms with Gasteiger partial charge in [0.05, 0.1) is 43.1 Å². The molecule has 3 aromatic rings. The van der Waals surface area contributed by atoms with Gasteiger partial charge in [0, 0.05) is 18.2 Å². The van der Waals surface area contributed by atoms with E-state index in [0.717, 1.165) is 12.4 Å². The molecule has 1 amide bonds. The molecule has 0 spiro atoms. The van der Waals surface area contributed by atoms with Crippen LogP contribution >= 0.6 is 0 Å². The van der Waals surface area contributed by atoms with Gasteiger partial charge in [0.15, 0.2) is 11.5 Å². The Bertz CT molecular complexity index is 1110. The Balaban J connectivity index is 1.57. The molecule has 1 aliphatic rings. The second-order valence-electron chi connectivity index (χ2n) is 6.49. The van der Waals surface area contributed by atoms with E-state index in [1.54, 1.807) is 10.7 Å². The van der Waals surface area contributed by atoms with E-state index in [2.05, 4.69) is 25.4 Å². The average Bonchev–Trinajstić information content (AvgIpc) is 3.29. The molecule has 0 bridgehead atoms. The largest absolute Gasteiger partial charge is 0.481 e. The molecule has 0 aromatic carbocycles. The molecule has 8 nitrogen and oxygen atoms in total. The first-order chi connectivity index (χ1) is 14.3. The number of alkyl halides is 3. The quantitative estimate of drug-likeness (QED) is 0.650. The van der Waals surface area contributed by atoms with E-state index < -0.39 is 35.3 Å². The van der Waals surface area contributed by atoms with Crippen molar-refractivity contribution in [3.05, 3.63) is 53.6 Å². The van der Waals surface area contributed by atoms with Crippen LogP contribution in [0, 0.1) is 5.82 Å². The van der Waals surface area contributed by atoms with Crippen molar-refractivity contribution in [1.29, 1.82) is 0 Å². The molecule has 3 aromatic heterocycles. The molecule has 12 heteroatoms. The molecule has 156 valence electrons. The fourth-order valence-electron chi connectivity index (χ4n) is 3.14. The number of aromatic nitrogens is 5. The predicted octanol–water partition coefficient (Wildman–Crippen LogP) is 2.78. The Labute approximate surface area is 166 Å². The van der Waals surface area contributed by atoms with E-state index in [9.17, 15) is 22.4 Å². The zero-order valence-corrected chi connectivity index (χ0v) is 15.4. The Morgan fingerprint density at radius 1 is 1.27 bits per heavy atom.